The van der Waals surface area contributed by atoms with E-state index in [9.17, 15) is 13.6 Å². The molecule has 1 amide bonds. The second-order valence-corrected chi connectivity index (χ2v) is 9.00. The molecule has 1 aliphatic rings. The highest BCUT2D eigenvalue weighted by atomic mass is 127. The number of morpholine rings is 1. The first-order valence-electron chi connectivity index (χ1n) is 10.5. The summed E-state index contributed by atoms with van der Waals surface area (Å²) in [5.41, 5.74) is 1.53. The zero-order valence-corrected chi connectivity index (χ0v) is 19.9. The average Bonchev–Trinajstić information content (AvgIpc) is 3.28. The van der Waals surface area contributed by atoms with Gasteiger partial charge in [0.25, 0.3) is 5.91 Å². The van der Waals surface area contributed by atoms with Crippen LogP contribution in [-0.2, 0) is 8.67 Å². The van der Waals surface area contributed by atoms with Gasteiger partial charge in [-0.15, -0.1) is 0 Å². The van der Waals surface area contributed by atoms with Crippen molar-refractivity contribution < 1.29 is 18.3 Å². The number of hydrogen-bond donors (Lipinski definition) is 1. The van der Waals surface area contributed by atoms with Gasteiger partial charge in [-0.05, 0) is 30.3 Å². The van der Waals surface area contributed by atoms with Gasteiger partial charge < -0.3 is 15.0 Å². The van der Waals surface area contributed by atoms with E-state index in [1.807, 2.05) is 12.1 Å². The zero-order valence-electron chi connectivity index (χ0n) is 17.8. The van der Waals surface area contributed by atoms with Crippen LogP contribution in [0.15, 0.2) is 60.8 Å². The van der Waals surface area contributed by atoms with E-state index >= 15 is 0 Å². The van der Waals surface area contributed by atoms with Crippen LogP contribution in [0, 0.1) is 0 Å². The third-order valence-corrected chi connectivity index (χ3v) is 6.01. The molecule has 174 valence electrons. The zero-order chi connectivity index (χ0) is 23.7. The second-order valence-electron chi connectivity index (χ2n) is 7.65. The van der Waals surface area contributed by atoms with Gasteiger partial charge >= 0.3 is 3.93 Å². The lowest BCUT2D eigenvalue weighted by molar-refractivity contribution is 0.102. The van der Waals surface area contributed by atoms with Gasteiger partial charge in [0.2, 0.25) is 0 Å². The number of halogens is 3. The molecule has 0 atom stereocenters. The van der Waals surface area contributed by atoms with E-state index in [2.05, 4.69) is 25.3 Å². The maximum absolute atomic E-state index is 13.8. The second kappa shape index (κ2) is 9.22. The topological polar surface area (TPSA) is 84.7 Å². The number of benzene rings is 1. The lowest BCUT2D eigenvalue weighted by Crippen LogP contribution is -2.36. The van der Waals surface area contributed by atoms with Crippen LogP contribution in [0.3, 0.4) is 0 Å². The Hall–Kier alpha value is -3.19. The molecule has 1 fully saturated rings. The minimum atomic E-state index is -3.00. The predicted molar refractivity (Wildman–Crippen MR) is 132 cm³/mol. The molecular weight excluding hydrogens is 557 g/mol. The smallest absolute Gasteiger partial charge is 0.321 e. The Bertz CT molecular complexity index is 1350. The standard InChI is InChI=1S/C23H19F2IN6O2/c24-23(25,26)16-4-1-3-15(13-16)18-14-27-20-8-7-17(30-32(18)20)22(33)29-19-5-2-6-21(28-19)31-9-11-34-12-10-31/h1-8,13-14H,9-12H2,(H,28,29,33). The van der Waals surface area contributed by atoms with E-state index in [0.717, 1.165) is 41.5 Å². The highest BCUT2D eigenvalue weighted by Crippen LogP contribution is 2.36. The molecule has 34 heavy (non-hydrogen) atoms. The SMILES string of the molecule is O=C(Nc1cccc(N2CCOCC2)n1)c1ccc2ncc(-c3cccc(C(F)(F)I)c3)n2n1. The number of anilines is 2. The molecule has 4 heterocycles. The first kappa shape index (κ1) is 22.6. The quantitative estimate of drug-likeness (QED) is 0.281. The number of rotatable bonds is 5. The van der Waals surface area contributed by atoms with E-state index in [1.165, 1.54) is 16.6 Å². The number of imidazole rings is 1. The predicted octanol–water partition coefficient (Wildman–Crippen LogP) is 4.36. The van der Waals surface area contributed by atoms with E-state index in [4.69, 9.17) is 4.74 Å². The number of alkyl halides is 3. The van der Waals surface area contributed by atoms with E-state index in [1.54, 1.807) is 36.5 Å². The Morgan fingerprint density at radius 3 is 2.68 bits per heavy atom. The fraction of sp³-hybridized carbons (Fsp3) is 0.217. The van der Waals surface area contributed by atoms with Crippen LogP contribution in [0.4, 0.5) is 20.4 Å². The Kier molecular flexibility index (Phi) is 6.13. The van der Waals surface area contributed by atoms with Crippen LogP contribution in [-0.4, -0.2) is 51.8 Å². The lowest BCUT2D eigenvalue weighted by Gasteiger charge is -2.27. The maximum atomic E-state index is 13.8. The van der Waals surface area contributed by atoms with Gasteiger partial charge in [-0.3, -0.25) is 4.79 Å². The summed E-state index contributed by atoms with van der Waals surface area (Å²) in [6.07, 6.45) is 1.54. The fourth-order valence-corrected chi connectivity index (χ4v) is 4.02. The minimum Gasteiger partial charge on any atom is -0.378 e. The Morgan fingerprint density at radius 2 is 1.88 bits per heavy atom. The van der Waals surface area contributed by atoms with Crippen molar-refractivity contribution in [2.45, 2.75) is 3.93 Å². The van der Waals surface area contributed by atoms with Gasteiger partial charge in [0, 0.05) is 46.8 Å². The number of ether oxygens (including phenoxy) is 1. The number of pyridine rings is 1. The van der Waals surface area contributed by atoms with Crippen LogP contribution in [0.2, 0.25) is 0 Å². The van der Waals surface area contributed by atoms with Crippen LogP contribution >= 0.6 is 22.6 Å². The third kappa shape index (κ3) is 4.71. The van der Waals surface area contributed by atoms with E-state index in [-0.39, 0.29) is 11.3 Å². The summed E-state index contributed by atoms with van der Waals surface area (Å²) >= 11 is 1.10. The van der Waals surface area contributed by atoms with Gasteiger partial charge in [-0.25, -0.2) is 14.5 Å². The summed E-state index contributed by atoms with van der Waals surface area (Å²) in [5.74, 6) is 0.716. The van der Waals surface area contributed by atoms with Crippen molar-refractivity contribution in [1.82, 2.24) is 19.6 Å². The Balaban J connectivity index is 1.41. The molecule has 1 aromatic carbocycles. The van der Waals surface area contributed by atoms with E-state index < -0.39 is 9.84 Å². The molecule has 4 aromatic rings. The number of amides is 1. The fourth-order valence-electron chi connectivity index (χ4n) is 3.69. The molecule has 1 saturated heterocycles. The lowest BCUT2D eigenvalue weighted by atomic mass is 10.1. The molecule has 0 aliphatic carbocycles. The monoisotopic (exact) mass is 576 g/mol. The number of hydrogen-bond acceptors (Lipinski definition) is 6. The van der Waals surface area contributed by atoms with E-state index in [0.29, 0.717) is 35.9 Å². The van der Waals surface area contributed by atoms with Crippen molar-refractivity contribution in [3.8, 4) is 11.3 Å². The molecule has 0 bridgehead atoms. The van der Waals surface area contributed by atoms with Crippen molar-refractivity contribution in [3.05, 3.63) is 72.1 Å². The normalized spacial score (nSPS) is 14.4. The summed E-state index contributed by atoms with van der Waals surface area (Å²) < 4.78 is 31.4. The molecule has 11 heteroatoms. The molecule has 5 rings (SSSR count). The highest BCUT2D eigenvalue weighted by Gasteiger charge is 2.27. The molecule has 1 N–H and O–H groups in total. The van der Waals surface area contributed by atoms with Gasteiger partial charge in [-0.1, -0.05) is 24.3 Å². The minimum absolute atomic E-state index is 0.124. The molecular formula is C23H19F2IN6O2. The molecule has 8 nitrogen and oxygen atoms in total. The first-order chi connectivity index (χ1) is 16.4. The van der Waals surface area contributed by atoms with Crippen molar-refractivity contribution in [2.24, 2.45) is 0 Å². The Morgan fingerprint density at radius 1 is 1.09 bits per heavy atom. The number of nitrogens with zero attached hydrogens (tertiary/aromatic N) is 5. The first-order valence-corrected chi connectivity index (χ1v) is 11.6. The van der Waals surface area contributed by atoms with Crippen molar-refractivity contribution in [2.75, 3.05) is 36.5 Å². The summed E-state index contributed by atoms with van der Waals surface area (Å²) in [6.45, 7) is 2.73. The van der Waals surface area contributed by atoms with Gasteiger partial charge in [0.15, 0.2) is 5.65 Å². The van der Waals surface area contributed by atoms with Crippen LogP contribution < -0.4 is 10.2 Å². The number of carbonyl (C=O) groups excluding carboxylic acids is 1. The summed E-state index contributed by atoms with van der Waals surface area (Å²) in [5, 5.41) is 7.19. The molecule has 0 spiro atoms. The highest BCUT2D eigenvalue weighted by molar-refractivity contribution is 14.1. The maximum Gasteiger partial charge on any atom is 0.321 e. The van der Waals surface area contributed by atoms with Gasteiger partial charge in [0.1, 0.15) is 17.3 Å². The molecule has 0 unspecified atom stereocenters. The van der Waals surface area contributed by atoms with Crippen LogP contribution in [0.5, 0.6) is 0 Å². The number of fused-ring (bicyclic) bond motifs is 1. The Labute approximate surface area is 207 Å². The van der Waals surface area contributed by atoms with Crippen molar-refractivity contribution in [3.63, 3.8) is 0 Å². The van der Waals surface area contributed by atoms with Crippen molar-refractivity contribution in [1.29, 1.82) is 0 Å². The summed E-state index contributed by atoms with van der Waals surface area (Å²) in [7, 11) is 0. The largest absolute Gasteiger partial charge is 0.378 e. The number of carbonyl (C=O) groups is 1. The summed E-state index contributed by atoms with van der Waals surface area (Å²) in [4.78, 5) is 23.8. The van der Waals surface area contributed by atoms with Crippen LogP contribution in [0.25, 0.3) is 16.9 Å². The van der Waals surface area contributed by atoms with Gasteiger partial charge in [0.05, 0.1) is 25.1 Å². The molecule has 1 aliphatic heterocycles. The number of aromatic nitrogens is 4. The van der Waals surface area contributed by atoms with Crippen LogP contribution in [0.1, 0.15) is 16.1 Å². The summed E-state index contributed by atoms with van der Waals surface area (Å²) in [6, 6.07) is 14.6. The molecule has 0 radical (unpaired) electrons. The molecule has 0 saturated carbocycles. The van der Waals surface area contributed by atoms with Crippen molar-refractivity contribution >= 4 is 45.8 Å². The number of nitrogens with one attached hydrogen (secondary N) is 1. The average molecular weight is 576 g/mol. The van der Waals surface area contributed by atoms with Gasteiger partial charge in [-0.2, -0.15) is 13.9 Å². The molecule has 3 aromatic heterocycles. The third-order valence-electron chi connectivity index (χ3n) is 5.39.